The van der Waals surface area contributed by atoms with E-state index in [1.54, 1.807) is 18.5 Å². The van der Waals surface area contributed by atoms with Crippen molar-refractivity contribution in [1.82, 2.24) is 15.3 Å². The number of ether oxygens (including phenoxy) is 1. The number of nitrogens with two attached hydrogens (primary N) is 1. The summed E-state index contributed by atoms with van der Waals surface area (Å²) in [6, 6.07) is 1.77. The number of hydrogen-bond donors (Lipinski definition) is 2. The maximum atomic E-state index is 12.6. The van der Waals surface area contributed by atoms with E-state index in [9.17, 15) is 9.59 Å². The van der Waals surface area contributed by atoms with Gasteiger partial charge in [-0.05, 0) is 31.7 Å². The van der Waals surface area contributed by atoms with Crippen LogP contribution in [-0.2, 0) is 14.3 Å². The molecule has 0 bridgehead atoms. The van der Waals surface area contributed by atoms with E-state index in [1.165, 1.54) is 0 Å². The van der Waals surface area contributed by atoms with Crippen molar-refractivity contribution in [2.24, 2.45) is 17.1 Å². The second-order valence-corrected chi connectivity index (χ2v) is 6.81. The molecule has 0 spiro atoms. The third kappa shape index (κ3) is 4.07. The van der Waals surface area contributed by atoms with Gasteiger partial charge in [0, 0.05) is 45.2 Å². The summed E-state index contributed by atoms with van der Waals surface area (Å²) in [5, 5.41) is 2.95. The molecule has 3 rings (SSSR count). The van der Waals surface area contributed by atoms with Crippen LogP contribution < -0.4 is 16.0 Å². The zero-order chi connectivity index (χ0) is 17.7. The smallest absolute Gasteiger partial charge is 0.225 e. The molecule has 0 aromatic carbocycles. The Hall–Kier alpha value is -2.22. The molecule has 0 radical (unpaired) electrons. The summed E-state index contributed by atoms with van der Waals surface area (Å²) in [5.74, 6) is 0.118. The fourth-order valence-electron chi connectivity index (χ4n) is 3.50. The molecule has 1 aromatic rings. The first-order valence-corrected chi connectivity index (χ1v) is 8.78. The van der Waals surface area contributed by atoms with E-state index >= 15 is 0 Å². The first-order chi connectivity index (χ1) is 12.1. The normalized spacial score (nSPS) is 23.0. The van der Waals surface area contributed by atoms with Gasteiger partial charge < -0.3 is 20.7 Å². The van der Waals surface area contributed by atoms with Gasteiger partial charge in [0.25, 0.3) is 0 Å². The molecule has 2 aliphatic heterocycles. The molecule has 2 saturated heterocycles. The molecule has 136 valence electrons. The zero-order valence-corrected chi connectivity index (χ0v) is 14.3. The molecule has 3 heterocycles. The first kappa shape index (κ1) is 17.6. The highest BCUT2D eigenvalue weighted by molar-refractivity contribution is 5.83. The monoisotopic (exact) mass is 347 g/mol. The van der Waals surface area contributed by atoms with Crippen LogP contribution in [0.4, 0.5) is 5.95 Å². The molecule has 1 atom stereocenters. The molecule has 0 aliphatic carbocycles. The third-order valence-electron chi connectivity index (χ3n) is 5.20. The lowest BCUT2D eigenvalue weighted by Gasteiger charge is -2.36. The predicted octanol–water partition coefficient (Wildman–Crippen LogP) is 0.0913. The third-order valence-corrected chi connectivity index (χ3v) is 5.20. The molecule has 8 nitrogen and oxygen atoms in total. The van der Waals surface area contributed by atoms with Crippen LogP contribution in [0.2, 0.25) is 0 Å². The van der Waals surface area contributed by atoms with Gasteiger partial charge in [-0.1, -0.05) is 0 Å². The molecule has 2 fully saturated rings. The summed E-state index contributed by atoms with van der Waals surface area (Å²) >= 11 is 0. The standard InChI is InChI=1S/C17H25N5O3/c18-15(24)17(4-9-25-10-5-17)12-21-14(23)13-3-1-8-22(11-13)16-19-6-2-7-20-16/h2,6-7,13H,1,3-5,8-12H2,(H2,18,24)(H,21,23)/t13-/m0/s1. The number of hydrogen-bond acceptors (Lipinski definition) is 6. The molecule has 0 saturated carbocycles. The number of rotatable bonds is 5. The number of carbonyl (C=O) groups is 2. The number of carbonyl (C=O) groups excluding carboxylic acids is 2. The molecule has 3 N–H and O–H groups in total. The molecule has 1 aromatic heterocycles. The largest absolute Gasteiger partial charge is 0.381 e. The summed E-state index contributed by atoms with van der Waals surface area (Å²) in [5.41, 5.74) is 4.90. The van der Waals surface area contributed by atoms with Crippen molar-refractivity contribution >= 4 is 17.8 Å². The van der Waals surface area contributed by atoms with Crippen molar-refractivity contribution in [3.8, 4) is 0 Å². The van der Waals surface area contributed by atoms with Gasteiger partial charge >= 0.3 is 0 Å². The van der Waals surface area contributed by atoms with Crippen molar-refractivity contribution in [1.29, 1.82) is 0 Å². The lowest BCUT2D eigenvalue weighted by Crippen LogP contribution is -2.51. The number of anilines is 1. The average Bonchev–Trinajstić information content (AvgIpc) is 2.67. The second kappa shape index (κ2) is 7.77. The van der Waals surface area contributed by atoms with Gasteiger partial charge in [-0.3, -0.25) is 9.59 Å². The van der Waals surface area contributed by atoms with Gasteiger partial charge in [-0.2, -0.15) is 0 Å². The lowest BCUT2D eigenvalue weighted by atomic mass is 9.79. The van der Waals surface area contributed by atoms with Crippen molar-refractivity contribution in [3.63, 3.8) is 0 Å². The van der Waals surface area contributed by atoms with E-state index in [0.29, 0.717) is 38.5 Å². The molecule has 8 heteroatoms. The lowest BCUT2D eigenvalue weighted by molar-refractivity contribution is -0.134. The van der Waals surface area contributed by atoms with Crippen LogP contribution in [-0.4, -0.2) is 54.6 Å². The van der Waals surface area contributed by atoms with Crippen LogP contribution in [0.25, 0.3) is 0 Å². The summed E-state index contributed by atoms with van der Waals surface area (Å²) < 4.78 is 5.32. The van der Waals surface area contributed by atoms with Crippen LogP contribution in [0.5, 0.6) is 0 Å². The number of piperidine rings is 1. The first-order valence-electron chi connectivity index (χ1n) is 8.78. The Bertz CT molecular complexity index is 604. The summed E-state index contributed by atoms with van der Waals surface area (Å²) in [4.78, 5) is 35.1. The Morgan fingerprint density at radius 2 is 2.04 bits per heavy atom. The highest BCUT2D eigenvalue weighted by atomic mass is 16.5. The Labute approximate surface area is 147 Å². The highest BCUT2D eigenvalue weighted by Crippen LogP contribution is 2.29. The minimum absolute atomic E-state index is 0.0345. The van der Waals surface area contributed by atoms with Gasteiger partial charge in [0.1, 0.15) is 0 Å². The maximum absolute atomic E-state index is 12.6. The molecule has 2 amide bonds. The van der Waals surface area contributed by atoms with Crippen LogP contribution in [0.1, 0.15) is 25.7 Å². The SMILES string of the molecule is NC(=O)C1(CNC(=O)[C@H]2CCCN(c3ncccn3)C2)CCOCC1. The number of amides is 2. The van der Waals surface area contributed by atoms with Gasteiger partial charge in [0.2, 0.25) is 17.8 Å². The van der Waals surface area contributed by atoms with E-state index in [2.05, 4.69) is 15.3 Å². The number of aromatic nitrogens is 2. The molecule has 0 unspecified atom stereocenters. The van der Waals surface area contributed by atoms with Crippen LogP contribution in [0.15, 0.2) is 18.5 Å². The van der Waals surface area contributed by atoms with Crippen molar-refractivity contribution < 1.29 is 14.3 Å². The van der Waals surface area contributed by atoms with Crippen molar-refractivity contribution in [2.45, 2.75) is 25.7 Å². The highest BCUT2D eigenvalue weighted by Gasteiger charge is 2.39. The Morgan fingerprint density at radius 1 is 1.32 bits per heavy atom. The molecular formula is C17H25N5O3. The van der Waals surface area contributed by atoms with Crippen LogP contribution in [0.3, 0.4) is 0 Å². The van der Waals surface area contributed by atoms with Gasteiger partial charge in [-0.15, -0.1) is 0 Å². The molecule has 2 aliphatic rings. The maximum Gasteiger partial charge on any atom is 0.225 e. The topological polar surface area (TPSA) is 110 Å². The zero-order valence-electron chi connectivity index (χ0n) is 14.3. The van der Waals surface area contributed by atoms with Gasteiger partial charge in [-0.25, -0.2) is 9.97 Å². The Kier molecular flexibility index (Phi) is 5.47. The fraction of sp³-hybridized carbons (Fsp3) is 0.647. The van der Waals surface area contributed by atoms with Gasteiger partial charge in [0.15, 0.2) is 0 Å². The second-order valence-electron chi connectivity index (χ2n) is 6.81. The van der Waals surface area contributed by atoms with E-state index in [1.807, 2.05) is 4.90 Å². The number of primary amides is 1. The molecular weight excluding hydrogens is 322 g/mol. The average molecular weight is 347 g/mol. The molecule has 25 heavy (non-hydrogen) atoms. The summed E-state index contributed by atoms with van der Waals surface area (Å²) in [7, 11) is 0. The van der Waals surface area contributed by atoms with Crippen molar-refractivity contribution in [3.05, 3.63) is 18.5 Å². The quantitative estimate of drug-likeness (QED) is 0.781. The predicted molar refractivity (Wildman–Crippen MR) is 91.7 cm³/mol. The summed E-state index contributed by atoms with van der Waals surface area (Å²) in [6.45, 7) is 2.71. The van der Waals surface area contributed by atoms with E-state index in [-0.39, 0.29) is 24.3 Å². The van der Waals surface area contributed by atoms with Crippen molar-refractivity contribution in [2.75, 3.05) is 37.7 Å². The van der Waals surface area contributed by atoms with Crippen LogP contribution in [0, 0.1) is 11.3 Å². The minimum Gasteiger partial charge on any atom is -0.381 e. The Balaban J connectivity index is 1.58. The Morgan fingerprint density at radius 3 is 2.72 bits per heavy atom. The number of nitrogens with one attached hydrogen (secondary N) is 1. The summed E-state index contributed by atoms with van der Waals surface area (Å²) in [6.07, 6.45) is 6.24. The van der Waals surface area contributed by atoms with E-state index < -0.39 is 5.41 Å². The number of nitrogens with zero attached hydrogens (tertiary/aromatic N) is 3. The fourth-order valence-corrected chi connectivity index (χ4v) is 3.50. The van der Waals surface area contributed by atoms with Gasteiger partial charge in [0.05, 0.1) is 11.3 Å². The van der Waals surface area contributed by atoms with Crippen LogP contribution >= 0.6 is 0 Å². The van der Waals surface area contributed by atoms with E-state index in [0.717, 1.165) is 19.4 Å². The van der Waals surface area contributed by atoms with E-state index in [4.69, 9.17) is 10.5 Å². The minimum atomic E-state index is -0.690.